The first-order valence-corrected chi connectivity index (χ1v) is 12.6. The summed E-state index contributed by atoms with van der Waals surface area (Å²) in [7, 11) is -9.37. The van der Waals surface area contributed by atoms with Crippen LogP contribution in [0.1, 0.15) is 39.4 Å². The molecule has 33 heavy (non-hydrogen) atoms. The fraction of sp³-hybridized carbons (Fsp3) is 0.0870. The van der Waals surface area contributed by atoms with Crippen molar-refractivity contribution in [1.82, 2.24) is 5.32 Å². The Hall–Kier alpha value is -3.33. The van der Waals surface area contributed by atoms with Crippen LogP contribution in [0.15, 0.2) is 70.5 Å². The van der Waals surface area contributed by atoms with E-state index in [0.717, 1.165) is 28.3 Å². The normalized spacial score (nSPS) is 16.0. The van der Waals surface area contributed by atoms with Gasteiger partial charge in [-0.2, -0.15) is 22.1 Å². The van der Waals surface area contributed by atoms with Crippen molar-refractivity contribution in [1.29, 1.82) is 5.26 Å². The van der Waals surface area contributed by atoms with Gasteiger partial charge < -0.3 is 5.32 Å². The molecule has 3 aromatic rings. The van der Waals surface area contributed by atoms with Gasteiger partial charge in [0.15, 0.2) is 0 Å². The van der Waals surface area contributed by atoms with Crippen LogP contribution in [0, 0.1) is 11.3 Å². The fourth-order valence-corrected chi connectivity index (χ4v) is 5.12. The van der Waals surface area contributed by atoms with Crippen molar-refractivity contribution in [2.75, 3.05) is 0 Å². The minimum atomic E-state index is -4.73. The minimum absolute atomic E-state index is 0.0547. The number of nitrogens with one attached hydrogen (secondary N) is 1. The van der Waals surface area contributed by atoms with Crippen molar-refractivity contribution in [3.63, 3.8) is 0 Å². The van der Waals surface area contributed by atoms with Crippen molar-refractivity contribution in [3.05, 3.63) is 94.0 Å². The Morgan fingerprint density at radius 3 is 2.30 bits per heavy atom. The van der Waals surface area contributed by atoms with Crippen molar-refractivity contribution in [2.24, 2.45) is 0 Å². The topological polar surface area (TPSA) is 145 Å². The molecule has 0 saturated carbocycles. The molecule has 8 nitrogen and oxygen atoms in total. The molecule has 1 unspecified atom stereocenters. The summed E-state index contributed by atoms with van der Waals surface area (Å²) in [6, 6.07) is 18.1. The third kappa shape index (κ3) is 4.73. The summed E-state index contributed by atoms with van der Waals surface area (Å²) in [5.74, 6) is 0. The molecule has 0 radical (unpaired) electrons. The third-order valence-electron chi connectivity index (χ3n) is 5.39. The van der Waals surface area contributed by atoms with Gasteiger partial charge in [-0.05, 0) is 46.0 Å². The van der Waals surface area contributed by atoms with Crippen molar-refractivity contribution >= 4 is 32.4 Å². The Kier molecular flexibility index (Phi) is 5.92. The van der Waals surface area contributed by atoms with Crippen LogP contribution in [0.5, 0.6) is 0 Å². The number of hydrogen-bond acceptors (Lipinski definition) is 6. The molecular weight excluding hydrogens is 464 g/mol. The molecular formula is C23H18N2O6S2. The predicted octanol–water partition coefficient (Wildman–Crippen LogP) is 3.41. The smallest absolute Gasteiger partial charge is 0.295 e. The Bertz CT molecular complexity index is 1520. The first kappa shape index (κ1) is 22.8. The summed E-state index contributed by atoms with van der Waals surface area (Å²) in [6.07, 6.45) is 3.03. The van der Waals surface area contributed by atoms with Crippen LogP contribution in [-0.4, -0.2) is 25.9 Å². The molecule has 10 heteroatoms. The van der Waals surface area contributed by atoms with Gasteiger partial charge in [-0.15, -0.1) is 0 Å². The van der Waals surface area contributed by atoms with Crippen LogP contribution in [0.25, 0.3) is 12.2 Å². The average Bonchev–Trinajstić information content (AvgIpc) is 3.21. The quantitative estimate of drug-likeness (QED) is 0.371. The number of rotatable bonds is 5. The summed E-state index contributed by atoms with van der Waals surface area (Å²) < 4.78 is 64.6. The first-order chi connectivity index (χ1) is 15.6. The molecule has 168 valence electrons. The molecule has 4 rings (SSSR count). The van der Waals surface area contributed by atoms with Crippen LogP contribution in [0.2, 0.25) is 0 Å². The van der Waals surface area contributed by atoms with E-state index in [9.17, 15) is 26.7 Å². The molecule has 0 amide bonds. The standard InChI is InChI=1S/C23H18N2O6S2/c24-13-18-2-1-3-19-14-25-23(22(18)19)17-8-5-15(6-9-17)4-7-16-10-11-20(32(26,27)28)12-21(16)33(29,30)31/h1-12,23,25H,14H2,(H,26,27,28)(H,29,30,31). The van der Waals surface area contributed by atoms with Gasteiger partial charge in [0.1, 0.15) is 4.90 Å². The van der Waals surface area contributed by atoms with Gasteiger partial charge in [0.2, 0.25) is 0 Å². The Balaban J connectivity index is 1.63. The number of benzene rings is 3. The van der Waals surface area contributed by atoms with E-state index in [1.165, 1.54) is 12.1 Å². The molecule has 0 saturated heterocycles. The molecule has 0 spiro atoms. The summed E-state index contributed by atoms with van der Waals surface area (Å²) in [5.41, 5.74) is 4.40. The highest BCUT2D eigenvalue weighted by Gasteiger charge is 2.26. The van der Waals surface area contributed by atoms with Crippen molar-refractivity contribution < 1.29 is 25.9 Å². The summed E-state index contributed by atoms with van der Waals surface area (Å²) in [5, 5.41) is 12.8. The predicted molar refractivity (Wildman–Crippen MR) is 121 cm³/mol. The molecule has 3 aromatic carbocycles. The van der Waals surface area contributed by atoms with Gasteiger partial charge in [-0.3, -0.25) is 9.11 Å². The largest absolute Gasteiger partial charge is 0.302 e. The van der Waals surface area contributed by atoms with E-state index in [1.54, 1.807) is 12.1 Å². The minimum Gasteiger partial charge on any atom is -0.302 e. The molecule has 3 N–H and O–H groups in total. The lowest BCUT2D eigenvalue weighted by Gasteiger charge is -2.14. The van der Waals surface area contributed by atoms with Crippen LogP contribution < -0.4 is 5.32 Å². The molecule has 0 aromatic heterocycles. The van der Waals surface area contributed by atoms with Gasteiger partial charge in [-0.25, -0.2) is 0 Å². The second kappa shape index (κ2) is 8.55. The van der Waals surface area contributed by atoms with Crippen molar-refractivity contribution in [3.8, 4) is 6.07 Å². The maximum absolute atomic E-state index is 11.7. The molecule has 1 heterocycles. The number of nitriles is 1. The van der Waals surface area contributed by atoms with Crippen LogP contribution in [0.4, 0.5) is 0 Å². The molecule has 0 bridgehead atoms. The highest BCUT2D eigenvalue weighted by atomic mass is 32.2. The average molecular weight is 483 g/mol. The Morgan fingerprint density at radius 1 is 0.939 bits per heavy atom. The van der Waals surface area contributed by atoms with E-state index in [4.69, 9.17) is 4.55 Å². The van der Waals surface area contributed by atoms with Gasteiger partial charge in [0.25, 0.3) is 20.2 Å². The second-order valence-electron chi connectivity index (χ2n) is 7.45. The van der Waals surface area contributed by atoms with E-state index >= 15 is 0 Å². The third-order valence-corrected chi connectivity index (χ3v) is 7.15. The van der Waals surface area contributed by atoms with Gasteiger partial charge >= 0.3 is 0 Å². The fourth-order valence-electron chi connectivity index (χ4n) is 3.83. The van der Waals surface area contributed by atoms with Gasteiger partial charge in [0, 0.05) is 6.54 Å². The highest BCUT2D eigenvalue weighted by Crippen LogP contribution is 2.33. The summed E-state index contributed by atoms with van der Waals surface area (Å²) in [6.45, 7) is 0.662. The van der Waals surface area contributed by atoms with E-state index in [-0.39, 0.29) is 11.6 Å². The molecule has 1 aliphatic heterocycles. The molecule has 0 aliphatic carbocycles. The summed E-state index contributed by atoms with van der Waals surface area (Å²) >= 11 is 0. The highest BCUT2D eigenvalue weighted by molar-refractivity contribution is 7.86. The lowest BCUT2D eigenvalue weighted by atomic mass is 9.94. The zero-order chi connectivity index (χ0) is 23.8. The SMILES string of the molecule is N#Cc1cccc2c1C(c1ccc(C=Cc3ccc(S(=O)(=O)O)cc3S(=O)(=O)O)cc1)NC2. The molecule has 1 atom stereocenters. The zero-order valence-electron chi connectivity index (χ0n) is 17.0. The van der Waals surface area contributed by atoms with Crippen LogP contribution in [-0.2, 0) is 26.8 Å². The van der Waals surface area contributed by atoms with E-state index in [0.29, 0.717) is 18.2 Å². The molecule has 1 aliphatic rings. The lowest BCUT2D eigenvalue weighted by Crippen LogP contribution is -2.13. The lowest BCUT2D eigenvalue weighted by molar-refractivity contribution is 0.481. The van der Waals surface area contributed by atoms with Crippen LogP contribution >= 0.6 is 0 Å². The van der Waals surface area contributed by atoms with Gasteiger partial charge in [-0.1, -0.05) is 54.6 Å². The number of fused-ring (bicyclic) bond motifs is 1. The van der Waals surface area contributed by atoms with E-state index in [1.807, 2.05) is 36.4 Å². The maximum atomic E-state index is 11.7. The maximum Gasteiger partial charge on any atom is 0.295 e. The molecule has 0 fully saturated rings. The van der Waals surface area contributed by atoms with E-state index in [2.05, 4.69) is 11.4 Å². The monoisotopic (exact) mass is 482 g/mol. The number of nitrogens with zero attached hydrogens (tertiary/aromatic N) is 1. The van der Waals surface area contributed by atoms with Gasteiger partial charge in [0.05, 0.1) is 22.6 Å². The second-order valence-corrected chi connectivity index (χ2v) is 10.3. The van der Waals surface area contributed by atoms with Crippen molar-refractivity contribution in [2.45, 2.75) is 22.4 Å². The first-order valence-electron chi connectivity index (χ1n) is 9.70. The Labute approximate surface area is 191 Å². The van der Waals surface area contributed by atoms with Crippen LogP contribution in [0.3, 0.4) is 0 Å². The van der Waals surface area contributed by atoms with E-state index < -0.39 is 30.0 Å². The summed E-state index contributed by atoms with van der Waals surface area (Å²) in [4.78, 5) is -1.28. The Morgan fingerprint density at radius 2 is 1.67 bits per heavy atom. The zero-order valence-corrected chi connectivity index (χ0v) is 18.6. The number of hydrogen-bond donors (Lipinski definition) is 3.